The summed E-state index contributed by atoms with van der Waals surface area (Å²) in [6, 6.07) is 7.62. The number of nitriles is 1. The first-order valence-electron chi connectivity index (χ1n) is 12.8. The maximum atomic E-state index is 12.7. The molecule has 1 aromatic heterocycles. The van der Waals surface area contributed by atoms with Gasteiger partial charge in [0.05, 0.1) is 23.6 Å². The summed E-state index contributed by atoms with van der Waals surface area (Å²) >= 11 is 0. The lowest BCUT2D eigenvalue weighted by Gasteiger charge is -2.41. The molecule has 1 amide bonds. The first-order chi connectivity index (χ1) is 17.9. The Morgan fingerprint density at radius 2 is 2.13 bits per heavy atom. The average Bonchev–Trinajstić information content (AvgIpc) is 3.47. The van der Waals surface area contributed by atoms with E-state index in [9.17, 15) is 15.2 Å². The van der Waals surface area contributed by atoms with Crippen LogP contribution < -0.4 is 10.5 Å². The Bertz CT molecular complexity index is 1380. The minimum Gasteiger partial charge on any atom is -0.444 e. The molecule has 9 nitrogen and oxygen atoms in total. The molecule has 1 fully saturated rings. The van der Waals surface area contributed by atoms with Gasteiger partial charge in [-0.1, -0.05) is 31.8 Å². The number of aryl methyl sites for hydroxylation is 1. The average molecular weight is 518 g/mol. The van der Waals surface area contributed by atoms with Gasteiger partial charge in [0.25, 0.3) is 0 Å². The molecule has 4 N–H and O–H groups in total. The smallest absolute Gasteiger partial charge is 0.411 e. The summed E-state index contributed by atoms with van der Waals surface area (Å²) in [5, 5.41) is 27.6. The van der Waals surface area contributed by atoms with E-state index in [0.717, 1.165) is 29.7 Å². The SMILES string of the molecule is Cc1[nH]nc2c1C(c1cc(C#CC3CCCN3C(=O)OC(C)(C)C)cc(CO)c1)(C(C)C)C(C#N)=C(N)O2. The number of aromatic nitrogens is 2. The van der Waals surface area contributed by atoms with Crippen LogP contribution in [0.2, 0.25) is 0 Å². The molecular formula is C29H35N5O4. The maximum Gasteiger partial charge on any atom is 0.411 e. The number of rotatable bonds is 3. The van der Waals surface area contributed by atoms with Crippen molar-refractivity contribution in [1.82, 2.24) is 15.1 Å². The second kappa shape index (κ2) is 10.1. The van der Waals surface area contributed by atoms with Gasteiger partial charge in [-0.25, -0.2) is 4.79 Å². The molecule has 0 saturated carbocycles. The topological polar surface area (TPSA) is 137 Å². The van der Waals surface area contributed by atoms with Gasteiger partial charge in [-0.2, -0.15) is 5.26 Å². The molecule has 2 aliphatic heterocycles. The number of nitrogens with one attached hydrogen (secondary N) is 1. The number of aromatic amines is 1. The van der Waals surface area contributed by atoms with E-state index in [-0.39, 0.29) is 36.1 Å². The maximum absolute atomic E-state index is 12.7. The fraction of sp³-hybridized carbons (Fsp3) is 0.483. The largest absolute Gasteiger partial charge is 0.444 e. The highest BCUT2D eigenvalue weighted by Gasteiger charge is 2.50. The van der Waals surface area contributed by atoms with E-state index in [1.807, 2.05) is 59.7 Å². The summed E-state index contributed by atoms with van der Waals surface area (Å²) < 4.78 is 11.3. The van der Waals surface area contributed by atoms with Crippen LogP contribution in [0.1, 0.15) is 75.4 Å². The van der Waals surface area contributed by atoms with Crippen molar-refractivity contribution >= 4 is 6.09 Å². The van der Waals surface area contributed by atoms with Gasteiger partial charge in [-0.3, -0.25) is 10.00 Å². The van der Waals surface area contributed by atoms with Gasteiger partial charge in [0.1, 0.15) is 17.2 Å². The summed E-state index contributed by atoms with van der Waals surface area (Å²) in [5.74, 6) is 6.68. The van der Waals surface area contributed by atoms with Crippen molar-refractivity contribution in [2.24, 2.45) is 11.7 Å². The number of nitrogens with zero attached hydrogens (tertiary/aromatic N) is 3. The van der Waals surface area contributed by atoms with Crippen molar-refractivity contribution < 1.29 is 19.4 Å². The molecule has 3 heterocycles. The highest BCUT2D eigenvalue weighted by Crippen LogP contribution is 2.52. The van der Waals surface area contributed by atoms with Gasteiger partial charge >= 0.3 is 6.09 Å². The normalized spacial score (nSPS) is 20.9. The second-order valence-electron chi connectivity index (χ2n) is 11.1. The Morgan fingerprint density at radius 1 is 1.39 bits per heavy atom. The third-order valence-electron chi connectivity index (χ3n) is 7.03. The number of carbonyl (C=O) groups excluding carboxylic acids is 1. The van der Waals surface area contributed by atoms with Crippen LogP contribution >= 0.6 is 0 Å². The molecule has 1 saturated heterocycles. The number of ether oxygens (including phenoxy) is 2. The minimum atomic E-state index is -0.971. The van der Waals surface area contributed by atoms with E-state index >= 15 is 0 Å². The number of benzene rings is 1. The lowest BCUT2D eigenvalue weighted by atomic mass is 9.61. The van der Waals surface area contributed by atoms with Crippen molar-refractivity contribution in [3.05, 3.63) is 57.6 Å². The lowest BCUT2D eigenvalue weighted by molar-refractivity contribution is 0.0261. The van der Waals surface area contributed by atoms with Crippen LogP contribution in [0.3, 0.4) is 0 Å². The molecule has 38 heavy (non-hydrogen) atoms. The molecule has 1 aromatic carbocycles. The van der Waals surface area contributed by atoms with E-state index in [1.165, 1.54) is 0 Å². The van der Waals surface area contributed by atoms with Crippen LogP contribution in [0.15, 0.2) is 29.7 Å². The number of allylic oxidation sites excluding steroid dienone is 1. The van der Waals surface area contributed by atoms with E-state index in [1.54, 1.807) is 4.90 Å². The molecule has 2 aliphatic rings. The summed E-state index contributed by atoms with van der Waals surface area (Å²) in [6.45, 7) is 11.8. The number of H-pyrrole nitrogens is 1. The van der Waals surface area contributed by atoms with Gasteiger partial charge < -0.3 is 20.3 Å². The third kappa shape index (κ3) is 4.70. The lowest BCUT2D eigenvalue weighted by Crippen LogP contribution is -2.41. The van der Waals surface area contributed by atoms with E-state index < -0.39 is 11.0 Å². The molecular weight excluding hydrogens is 482 g/mol. The van der Waals surface area contributed by atoms with Crippen LogP contribution in [0.4, 0.5) is 4.79 Å². The van der Waals surface area contributed by atoms with Crippen LogP contribution in [0.5, 0.6) is 5.88 Å². The highest BCUT2D eigenvalue weighted by molar-refractivity contribution is 5.70. The summed E-state index contributed by atoms with van der Waals surface area (Å²) in [7, 11) is 0. The van der Waals surface area contributed by atoms with Crippen molar-refractivity contribution in [3.63, 3.8) is 0 Å². The zero-order valence-corrected chi connectivity index (χ0v) is 22.8. The van der Waals surface area contributed by atoms with Crippen LogP contribution in [-0.2, 0) is 16.8 Å². The molecule has 9 heteroatoms. The Kier molecular flexibility index (Phi) is 7.18. The molecule has 0 bridgehead atoms. The molecule has 2 aromatic rings. The quantitative estimate of drug-likeness (QED) is 0.524. The van der Waals surface area contributed by atoms with Gasteiger partial charge in [0.2, 0.25) is 11.8 Å². The first-order valence-corrected chi connectivity index (χ1v) is 12.8. The van der Waals surface area contributed by atoms with Crippen LogP contribution in [-0.4, -0.2) is 44.5 Å². The monoisotopic (exact) mass is 517 g/mol. The predicted molar refractivity (Wildman–Crippen MR) is 142 cm³/mol. The summed E-state index contributed by atoms with van der Waals surface area (Å²) in [6.07, 6.45) is 1.22. The van der Waals surface area contributed by atoms with Gasteiger partial charge in [0, 0.05) is 17.8 Å². The fourth-order valence-electron chi connectivity index (χ4n) is 5.47. The zero-order chi connectivity index (χ0) is 27.8. The number of carbonyl (C=O) groups is 1. The Hall–Kier alpha value is -3.95. The van der Waals surface area contributed by atoms with Gasteiger partial charge in [-0.15, -0.1) is 5.10 Å². The number of likely N-dealkylation sites (tertiary alicyclic amines) is 1. The molecule has 0 aliphatic carbocycles. The number of aliphatic hydroxyl groups is 1. The van der Waals surface area contributed by atoms with Gasteiger partial charge in [0.15, 0.2) is 0 Å². The minimum absolute atomic E-state index is 0.00111. The van der Waals surface area contributed by atoms with Crippen molar-refractivity contribution in [1.29, 1.82) is 5.26 Å². The number of hydrogen-bond acceptors (Lipinski definition) is 7. The summed E-state index contributed by atoms with van der Waals surface area (Å²) in [5.41, 5.74) is 8.54. The third-order valence-corrected chi connectivity index (χ3v) is 7.03. The second-order valence-corrected chi connectivity index (χ2v) is 11.1. The standard InChI is InChI=1S/C29H35N5O4/c1-17(2)29(23(15-30)25(31)37-26-24(29)18(3)32-33-26)21-13-19(12-20(14-21)16-35)9-10-22-8-7-11-34(22)27(36)38-28(4,5)6/h12-14,17,22,35H,7-8,11,16,31H2,1-6H3,(H,32,33). The number of aliphatic hydroxyl groups excluding tert-OH is 1. The predicted octanol–water partition coefficient (Wildman–Crippen LogP) is 3.99. The molecule has 200 valence electrons. The number of hydrogen-bond donors (Lipinski definition) is 3. The van der Waals surface area contributed by atoms with Crippen molar-refractivity contribution in [2.75, 3.05) is 6.54 Å². The van der Waals surface area contributed by atoms with Crippen LogP contribution in [0.25, 0.3) is 0 Å². The Morgan fingerprint density at radius 3 is 2.76 bits per heavy atom. The number of fused-ring (bicyclic) bond motifs is 1. The number of amides is 1. The molecule has 0 spiro atoms. The molecule has 0 radical (unpaired) electrons. The zero-order valence-electron chi connectivity index (χ0n) is 22.8. The number of nitrogens with two attached hydrogens (primary N) is 1. The van der Waals surface area contributed by atoms with E-state index in [4.69, 9.17) is 15.2 Å². The fourth-order valence-corrected chi connectivity index (χ4v) is 5.47. The van der Waals surface area contributed by atoms with E-state index in [0.29, 0.717) is 23.6 Å². The Balaban J connectivity index is 1.83. The van der Waals surface area contributed by atoms with Gasteiger partial charge in [-0.05, 0) is 69.7 Å². The molecule has 2 atom stereocenters. The van der Waals surface area contributed by atoms with Crippen molar-refractivity contribution in [3.8, 4) is 23.8 Å². The molecule has 2 unspecified atom stereocenters. The van der Waals surface area contributed by atoms with Crippen molar-refractivity contribution in [2.45, 2.75) is 78.0 Å². The first kappa shape index (κ1) is 27.1. The van der Waals surface area contributed by atoms with E-state index in [2.05, 4.69) is 28.1 Å². The Labute approximate surface area is 223 Å². The highest BCUT2D eigenvalue weighted by atomic mass is 16.6. The summed E-state index contributed by atoms with van der Waals surface area (Å²) in [4.78, 5) is 14.4. The van der Waals surface area contributed by atoms with Crippen LogP contribution in [0, 0.1) is 36.0 Å². The molecule has 4 rings (SSSR count).